The van der Waals surface area contributed by atoms with E-state index >= 15 is 0 Å². The van der Waals surface area contributed by atoms with Crippen molar-refractivity contribution < 1.29 is 4.79 Å². The third-order valence-corrected chi connectivity index (χ3v) is 3.76. The van der Waals surface area contributed by atoms with Crippen LogP contribution < -0.4 is 10.6 Å². The molecule has 4 nitrogen and oxygen atoms in total. The molecule has 1 heterocycles. The van der Waals surface area contributed by atoms with Crippen LogP contribution in [0.15, 0.2) is 4.99 Å². The van der Waals surface area contributed by atoms with Gasteiger partial charge in [-0.1, -0.05) is 32.5 Å². The van der Waals surface area contributed by atoms with E-state index in [1.165, 1.54) is 6.42 Å². The Balaban J connectivity index is 2.18. The van der Waals surface area contributed by atoms with Gasteiger partial charge in [-0.05, 0) is 18.8 Å². The summed E-state index contributed by atoms with van der Waals surface area (Å²) in [7, 11) is 0. The molecule has 1 unspecified atom stereocenters. The number of carbonyl (C=O) groups is 1. The normalized spacial score (nSPS) is 21.3. The van der Waals surface area contributed by atoms with Crippen molar-refractivity contribution in [3.05, 3.63) is 0 Å². The van der Waals surface area contributed by atoms with Crippen molar-refractivity contribution in [2.75, 3.05) is 18.8 Å². The summed E-state index contributed by atoms with van der Waals surface area (Å²) in [4.78, 5) is 15.8. The minimum absolute atomic E-state index is 0.0999. The number of nitrogens with zero attached hydrogens (tertiary/aromatic N) is 1. The highest BCUT2D eigenvalue weighted by atomic mass is 32.2. The van der Waals surface area contributed by atoms with Crippen LogP contribution in [0.4, 0.5) is 0 Å². The fourth-order valence-electron chi connectivity index (χ4n) is 1.84. The first-order valence-corrected chi connectivity index (χ1v) is 7.80. The Morgan fingerprint density at radius 2 is 2.39 bits per heavy atom. The number of amidine groups is 1. The molecule has 0 aromatic carbocycles. The molecule has 0 aliphatic carbocycles. The Morgan fingerprint density at radius 3 is 3.06 bits per heavy atom. The molecule has 2 N–H and O–H groups in total. The van der Waals surface area contributed by atoms with E-state index in [4.69, 9.17) is 0 Å². The Kier molecular flexibility index (Phi) is 7.16. The van der Waals surface area contributed by atoms with Gasteiger partial charge >= 0.3 is 0 Å². The van der Waals surface area contributed by atoms with Crippen molar-refractivity contribution >= 4 is 22.8 Å². The Labute approximate surface area is 114 Å². The van der Waals surface area contributed by atoms with Gasteiger partial charge in [-0.15, -0.1) is 0 Å². The molecule has 1 aliphatic heterocycles. The zero-order chi connectivity index (χ0) is 13.4. The van der Waals surface area contributed by atoms with Gasteiger partial charge in [-0.3, -0.25) is 9.79 Å². The van der Waals surface area contributed by atoms with E-state index in [1.807, 2.05) is 0 Å². The average molecular weight is 271 g/mol. The molecule has 0 spiro atoms. The van der Waals surface area contributed by atoms with Crippen LogP contribution in [0.5, 0.6) is 0 Å². The largest absolute Gasteiger partial charge is 0.361 e. The van der Waals surface area contributed by atoms with Crippen LogP contribution >= 0.6 is 11.8 Å². The van der Waals surface area contributed by atoms with Gasteiger partial charge in [0, 0.05) is 24.8 Å². The van der Waals surface area contributed by atoms with E-state index in [9.17, 15) is 4.79 Å². The summed E-state index contributed by atoms with van der Waals surface area (Å²) in [5, 5.41) is 7.28. The Morgan fingerprint density at radius 1 is 1.61 bits per heavy atom. The van der Waals surface area contributed by atoms with Crippen LogP contribution in [0.3, 0.4) is 0 Å². The summed E-state index contributed by atoms with van der Waals surface area (Å²) >= 11 is 1.77. The lowest BCUT2D eigenvalue weighted by molar-refractivity contribution is -0.120. The average Bonchev–Trinajstić information content (AvgIpc) is 2.73. The molecule has 1 saturated heterocycles. The minimum atomic E-state index is 0.0999. The molecule has 0 saturated carbocycles. The molecular formula is C13H25N3OS. The fourth-order valence-corrected chi connectivity index (χ4v) is 2.85. The maximum atomic E-state index is 11.4. The predicted molar refractivity (Wildman–Crippen MR) is 79.1 cm³/mol. The van der Waals surface area contributed by atoms with Gasteiger partial charge in [0.25, 0.3) is 0 Å². The van der Waals surface area contributed by atoms with Gasteiger partial charge in [0.05, 0.1) is 6.54 Å². The lowest BCUT2D eigenvalue weighted by atomic mass is 10.1. The summed E-state index contributed by atoms with van der Waals surface area (Å²) < 4.78 is 0. The lowest BCUT2D eigenvalue weighted by Crippen LogP contribution is -2.28. The highest BCUT2D eigenvalue weighted by molar-refractivity contribution is 8.14. The quantitative estimate of drug-likeness (QED) is 0.745. The number of amides is 1. The number of hydrogen-bond donors (Lipinski definition) is 2. The first kappa shape index (κ1) is 15.3. The number of thioether (sulfide) groups is 1. The molecule has 1 atom stereocenters. The van der Waals surface area contributed by atoms with Crippen molar-refractivity contribution in [3.8, 4) is 0 Å². The van der Waals surface area contributed by atoms with Crippen molar-refractivity contribution in [1.82, 2.24) is 10.6 Å². The number of carbonyl (C=O) groups excluding carboxylic acids is 1. The molecule has 1 aliphatic rings. The minimum Gasteiger partial charge on any atom is -0.361 e. The number of rotatable bonds is 7. The third kappa shape index (κ3) is 6.28. The predicted octanol–water partition coefficient (Wildman–Crippen LogP) is 2.01. The molecule has 1 rings (SSSR count). The molecule has 0 aromatic rings. The van der Waals surface area contributed by atoms with Crippen LogP contribution in [0.25, 0.3) is 0 Å². The van der Waals surface area contributed by atoms with Crippen LogP contribution in [-0.2, 0) is 4.79 Å². The van der Waals surface area contributed by atoms with Gasteiger partial charge in [0.2, 0.25) is 5.91 Å². The number of aliphatic imine (C=N–C) groups is 1. The Bertz CT molecular complexity index is 292. The molecule has 0 bridgehead atoms. The highest BCUT2D eigenvalue weighted by Gasteiger charge is 2.20. The van der Waals surface area contributed by atoms with Crippen LogP contribution in [0.2, 0.25) is 0 Å². The molecule has 104 valence electrons. The van der Waals surface area contributed by atoms with Gasteiger partial charge in [-0.25, -0.2) is 0 Å². The fraction of sp³-hybridized carbons (Fsp3) is 0.846. The second kappa shape index (κ2) is 8.40. The standard InChI is InChI=1S/C13H25N3OS/c1-4-6-14-12(17)5-7-15-13-16-11(9-18-13)8-10(2)3/h10-11H,4-9H2,1-3H3,(H,14,17)(H,15,16). The van der Waals surface area contributed by atoms with E-state index < -0.39 is 0 Å². The van der Waals surface area contributed by atoms with Crippen molar-refractivity contribution in [2.45, 2.75) is 46.1 Å². The smallest absolute Gasteiger partial charge is 0.221 e. The van der Waals surface area contributed by atoms with Crippen molar-refractivity contribution in [2.24, 2.45) is 10.9 Å². The van der Waals surface area contributed by atoms with E-state index in [-0.39, 0.29) is 5.91 Å². The lowest BCUT2D eigenvalue weighted by Gasteiger charge is -2.11. The zero-order valence-corrected chi connectivity index (χ0v) is 12.5. The van der Waals surface area contributed by atoms with E-state index in [0.717, 1.165) is 23.9 Å². The molecule has 0 aromatic heterocycles. The van der Waals surface area contributed by atoms with Crippen molar-refractivity contribution in [3.63, 3.8) is 0 Å². The summed E-state index contributed by atoms with van der Waals surface area (Å²) in [6.45, 7) is 7.87. The van der Waals surface area contributed by atoms with Gasteiger partial charge in [-0.2, -0.15) is 0 Å². The Hall–Kier alpha value is -0.710. The maximum absolute atomic E-state index is 11.4. The molecule has 1 fully saturated rings. The monoisotopic (exact) mass is 271 g/mol. The van der Waals surface area contributed by atoms with Gasteiger partial charge in [0.15, 0.2) is 5.17 Å². The topological polar surface area (TPSA) is 53.5 Å². The van der Waals surface area contributed by atoms with E-state index in [2.05, 4.69) is 36.4 Å². The number of nitrogens with one attached hydrogen (secondary N) is 2. The second-order valence-electron chi connectivity index (χ2n) is 5.07. The number of hydrogen-bond acceptors (Lipinski definition) is 3. The van der Waals surface area contributed by atoms with Crippen LogP contribution in [0.1, 0.15) is 40.0 Å². The molecule has 1 amide bonds. The first-order chi connectivity index (χ1) is 8.61. The first-order valence-electron chi connectivity index (χ1n) is 6.82. The maximum Gasteiger partial charge on any atom is 0.221 e. The highest BCUT2D eigenvalue weighted by Crippen LogP contribution is 2.18. The van der Waals surface area contributed by atoms with Gasteiger partial charge < -0.3 is 10.6 Å². The summed E-state index contributed by atoms with van der Waals surface area (Å²) in [5.74, 6) is 1.91. The second-order valence-corrected chi connectivity index (χ2v) is 6.08. The summed E-state index contributed by atoms with van der Waals surface area (Å²) in [6.07, 6.45) is 2.65. The summed E-state index contributed by atoms with van der Waals surface area (Å²) in [6, 6.07) is 0.544. The van der Waals surface area contributed by atoms with E-state index in [0.29, 0.717) is 24.9 Å². The SMILES string of the molecule is CCCNC(=O)CCN=C1NC(CC(C)C)CS1. The zero-order valence-electron chi connectivity index (χ0n) is 11.7. The van der Waals surface area contributed by atoms with Crippen LogP contribution in [-0.4, -0.2) is 36.0 Å². The molecular weight excluding hydrogens is 246 g/mol. The summed E-state index contributed by atoms with van der Waals surface area (Å²) in [5.41, 5.74) is 0. The van der Waals surface area contributed by atoms with Crippen molar-refractivity contribution in [1.29, 1.82) is 0 Å². The van der Waals surface area contributed by atoms with Gasteiger partial charge in [0.1, 0.15) is 0 Å². The van der Waals surface area contributed by atoms with E-state index in [1.54, 1.807) is 11.8 Å². The molecule has 5 heteroatoms. The molecule has 18 heavy (non-hydrogen) atoms. The van der Waals surface area contributed by atoms with Crippen LogP contribution in [0, 0.1) is 5.92 Å². The molecule has 0 radical (unpaired) electrons. The third-order valence-electron chi connectivity index (χ3n) is 2.67.